The number of hydrogen-bond acceptors (Lipinski definition) is 3. The van der Waals surface area contributed by atoms with Crippen molar-refractivity contribution in [1.29, 1.82) is 0 Å². The standard InChI is InChI=1S/C11H15BrN2O/c12-8-7-14-6-5-10(8)15-11-4-2-1-3-9(11)13/h5-7,9,11H,1-4,13H2. The van der Waals surface area contributed by atoms with Crippen LogP contribution >= 0.6 is 15.9 Å². The predicted molar refractivity (Wildman–Crippen MR) is 62.8 cm³/mol. The predicted octanol–water partition coefficient (Wildman–Crippen LogP) is 2.49. The molecule has 0 aliphatic heterocycles. The normalized spacial score (nSPS) is 26.3. The van der Waals surface area contributed by atoms with Gasteiger partial charge in [0.15, 0.2) is 0 Å². The van der Waals surface area contributed by atoms with Crippen LogP contribution in [0.1, 0.15) is 25.7 Å². The van der Waals surface area contributed by atoms with Crippen molar-refractivity contribution < 1.29 is 4.74 Å². The van der Waals surface area contributed by atoms with Gasteiger partial charge in [0.1, 0.15) is 11.9 Å². The number of nitrogens with two attached hydrogens (primary N) is 1. The largest absolute Gasteiger partial charge is 0.488 e. The molecule has 2 N–H and O–H groups in total. The van der Waals surface area contributed by atoms with E-state index >= 15 is 0 Å². The van der Waals surface area contributed by atoms with E-state index in [1.54, 1.807) is 12.4 Å². The number of ether oxygens (including phenoxy) is 1. The van der Waals surface area contributed by atoms with E-state index in [1.165, 1.54) is 12.8 Å². The molecule has 15 heavy (non-hydrogen) atoms. The number of rotatable bonds is 2. The Hall–Kier alpha value is -0.610. The van der Waals surface area contributed by atoms with Gasteiger partial charge in [-0.25, -0.2) is 0 Å². The van der Waals surface area contributed by atoms with Crippen molar-refractivity contribution in [1.82, 2.24) is 4.98 Å². The van der Waals surface area contributed by atoms with Crippen LogP contribution in [0.3, 0.4) is 0 Å². The van der Waals surface area contributed by atoms with Crippen molar-refractivity contribution in [3.63, 3.8) is 0 Å². The Morgan fingerprint density at radius 1 is 1.40 bits per heavy atom. The van der Waals surface area contributed by atoms with E-state index in [0.717, 1.165) is 23.1 Å². The zero-order valence-corrected chi connectivity index (χ0v) is 10.1. The number of aromatic nitrogens is 1. The molecule has 1 aliphatic rings. The third-order valence-corrected chi connectivity index (χ3v) is 3.36. The highest BCUT2D eigenvalue weighted by Crippen LogP contribution is 2.27. The van der Waals surface area contributed by atoms with Gasteiger partial charge < -0.3 is 10.5 Å². The minimum atomic E-state index is 0.150. The van der Waals surface area contributed by atoms with Crippen LogP contribution in [-0.2, 0) is 0 Å². The summed E-state index contributed by atoms with van der Waals surface area (Å²) in [4.78, 5) is 4.00. The van der Waals surface area contributed by atoms with Crippen molar-refractivity contribution in [2.45, 2.75) is 37.8 Å². The van der Waals surface area contributed by atoms with Crippen molar-refractivity contribution in [2.24, 2.45) is 5.73 Å². The van der Waals surface area contributed by atoms with Crippen LogP contribution in [-0.4, -0.2) is 17.1 Å². The molecule has 1 saturated carbocycles. The van der Waals surface area contributed by atoms with E-state index < -0.39 is 0 Å². The molecule has 1 aromatic rings. The fourth-order valence-electron chi connectivity index (χ4n) is 1.89. The highest BCUT2D eigenvalue weighted by atomic mass is 79.9. The van der Waals surface area contributed by atoms with E-state index in [4.69, 9.17) is 10.5 Å². The van der Waals surface area contributed by atoms with E-state index in [2.05, 4.69) is 20.9 Å². The first-order valence-corrected chi connectivity index (χ1v) is 6.08. The Bertz CT molecular complexity index is 332. The maximum atomic E-state index is 6.02. The molecule has 0 saturated heterocycles. The summed E-state index contributed by atoms with van der Waals surface area (Å²) in [5.41, 5.74) is 6.02. The topological polar surface area (TPSA) is 48.1 Å². The number of halogens is 1. The van der Waals surface area contributed by atoms with Crippen molar-refractivity contribution >= 4 is 15.9 Å². The summed E-state index contributed by atoms with van der Waals surface area (Å²) >= 11 is 3.41. The zero-order chi connectivity index (χ0) is 10.7. The quantitative estimate of drug-likeness (QED) is 0.899. The molecule has 0 bridgehead atoms. The molecule has 1 fully saturated rings. The van der Waals surface area contributed by atoms with Crippen molar-refractivity contribution in [3.8, 4) is 5.75 Å². The Balaban J connectivity index is 2.04. The highest BCUT2D eigenvalue weighted by Gasteiger charge is 2.23. The summed E-state index contributed by atoms with van der Waals surface area (Å²) in [6, 6.07) is 2.03. The maximum Gasteiger partial charge on any atom is 0.137 e. The Morgan fingerprint density at radius 3 is 2.93 bits per heavy atom. The first kappa shape index (κ1) is 10.9. The number of nitrogens with zero attached hydrogens (tertiary/aromatic N) is 1. The second-order valence-electron chi connectivity index (χ2n) is 3.91. The average Bonchev–Trinajstić information content (AvgIpc) is 2.24. The molecule has 2 rings (SSSR count). The van der Waals surface area contributed by atoms with E-state index in [0.29, 0.717) is 0 Å². The lowest BCUT2D eigenvalue weighted by Crippen LogP contribution is -2.41. The Labute approximate surface area is 98.2 Å². The molecule has 82 valence electrons. The number of pyridine rings is 1. The number of hydrogen-bond donors (Lipinski definition) is 1. The molecule has 0 radical (unpaired) electrons. The summed E-state index contributed by atoms with van der Waals surface area (Å²) in [5.74, 6) is 0.840. The van der Waals surface area contributed by atoms with E-state index in [-0.39, 0.29) is 12.1 Å². The molecule has 4 heteroatoms. The van der Waals surface area contributed by atoms with Crippen LogP contribution in [0, 0.1) is 0 Å². The van der Waals surface area contributed by atoms with E-state index in [1.807, 2.05) is 6.07 Å². The van der Waals surface area contributed by atoms with Crippen LogP contribution in [0.2, 0.25) is 0 Å². The van der Waals surface area contributed by atoms with Gasteiger partial charge in [0.05, 0.1) is 4.47 Å². The maximum absolute atomic E-state index is 6.02. The van der Waals surface area contributed by atoms with Gasteiger partial charge in [-0.2, -0.15) is 0 Å². The zero-order valence-electron chi connectivity index (χ0n) is 8.53. The van der Waals surface area contributed by atoms with Gasteiger partial charge in [-0.1, -0.05) is 6.42 Å². The lowest BCUT2D eigenvalue weighted by atomic mass is 9.93. The first-order valence-electron chi connectivity index (χ1n) is 5.29. The van der Waals surface area contributed by atoms with Gasteiger partial charge in [-0.15, -0.1) is 0 Å². The van der Waals surface area contributed by atoms with Gasteiger partial charge in [0.2, 0.25) is 0 Å². The molecule has 0 aromatic carbocycles. The summed E-state index contributed by atoms with van der Waals surface area (Å²) < 4.78 is 6.78. The molecule has 0 amide bonds. The van der Waals surface area contributed by atoms with Crippen molar-refractivity contribution in [3.05, 3.63) is 22.9 Å². The highest BCUT2D eigenvalue weighted by molar-refractivity contribution is 9.10. The van der Waals surface area contributed by atoms with Crippen LogP contribution in [0.15, 0.2) is 22.9 Å². The fraction of sp³-hybridized carbons (Fsp3) is 0.545. The Morgan fingerprint density at radius 2 is 2.20 bits per heavy atom. The summed E-state index contributed by atoms with van der Waals surface area (Å²) in [6.45, 7) is 0. The monoisotopic (exact) mass is 270 g/mol. The molecular formula is C11H15BrN2O. The van der Waals surface area contributed by atoms with Gasteiger partial charge >= 0.3 is 0 Å². The average molecular weight is 271 g/mol. The molecule has 0 spiro atoms. The fourth-order valence-corrected chi connectivity index (χ4v) is 2.24. The van der Waals surface area contributed by atoms with Crippen molar-refractivity contribution in [2.75, 3.05) is 0 Å². The molecular weight excluding hydrogens is 256 g/mol. The van der Waals surface area contributed by atoms with Gasteiger partial charge in [0, 0.05) is 18.4 Å². The van der Waals surface area contributed by atoms with Gasteiger partial charge in [-0.3, -0.25) is 4.98 Å². The molecule has 1 heterocycles. The Kier molecular flexibility index (Phi) is 3.59. The molecule has 1 aromatic heterocycles. The van der Waals surface area contributed by atoms with Gasteiger partial charge in [0.25, 0.3) is 0 Å². The minimum absolute atomic E-state index is 0.150. The van der Waals surface area contributed by atoms with Crippen LogP contribution in [0.4, 0.5) is 0 Å². The molecule has 2 atom stereocenters. The van der Waals surface area contributed by atoms with Crippen LogP contribution in [0.5, 0.6) is 5.75 Å². The van der Waals surface area contributed by atoms with Crippen LogP contribution in [0.25, 0.3) is 0 Å². The summed E-state index contributed by atoms with van der Waals surface area (Å²) in [7, 11) is 0. The summed E-state index contributed by atoms with van der Waals surface area (Å²) in [6.07, 6.45) is 8.17. The third-order valence-electron chi connectivity index (χ3n) is 2.77. The molecule has 1 aliphatic carbocycles. The second-order valence-corrected chi connectivity index (χ2v) is 4.77. The lowest BCUT2D eigenvalue weighted by Gasteiger charge is -2.29. The van der Waals surface area contributed by atoms with E-state index in [9.17, 15) is 0 Å². The smallest absolute Gasteiger partial charge is 0.137 e. The van der Waals surface area contributed by atoms with Crippen LogP contribution < -0.4 is 10.5 Å². The minimum Gasteiger partial charge on any atom is -0.488 e. The SMILES string of the molecule is NC1CCCCC1Oc1ccncc1Br. The van der Waals surface area contributed by atoms with Gasteiger partial charge in [-0.05, 0) is 41.3 Å². The summed E-state index contributed by atoms with van der Waals surface area (Å²) in [5, 5.41) is 0. The molecule has 3 nitrogen and oxygen atoms in total. The first-order chi connectivity index (χ1) is 7.27. The molecule has 2 unspecified atom stereocenters. The second kappa shape index (κ2) is 4.94. The third kappa shape index (κ3) is 2.69. The lowest BCUT2D eigenvalue weighted by molar-refractivity contribution is 0.131.